The molecule has 1 atom stereocenters. The zero-order valence-electron chi connectivity index (χ0n) is 8.58. The van der Waals surface area contributed by atoms with Gasteiger partial charge in [0.2, 0.25) is 0 Å². The molecule has 1 aromatic carbocycles. The van der Waals surface area contributed by atoms with E-state index in [1.54, 1.807) is 0 Å². The number of aryl methyl sites for hydroxylation is 1. The number of rotatable bonds is 3. The molecule has 0 saturated carbocycles. The molecule has 0 saturated heterocycles. The Labute approximate surface area is 85.1 Å². The fourth-order valence-electron chi connectivity index (χ4n) is 1.27. The highest BCUT2D eigenvalue weighted by atomic mass is 16.5. The maximum Gasteiger partial charge on any atom is 0.148 e. The van der Waals surface area contributed by atoms with E-state index in [9.17, 15) is 0 Å². The molecule has 0 spiro atoms. The molecular weight excluding hydrogens is 174 g/mol. The van der Waals surface area contributed by atoms with E-state index in [0.29, 0.717) is 0 Å². The van der Waals surface area contributed by atoms with Crippen molar-refractivity contribution in [2.45, 2.75) is 19.9 Å². The molecule has 1 aromatic rings. The van der Waals surface area contributed by atoms with Crippen molar-refractivity contribution in [2.24, 2.45) is 5.73 Å². The van der Waals surface area contributed by atoms with Crippen molar-refractivity contribution < 1.29 is 4.74 Å². The summed E-state index contributed by atoms with van der Waals surface area (Å²) in [6.07, 6.45) is 5.13. The van der Waals surface area contributed by atoms with Crippen LogP contribution in [-0.2, 0) is 0 Å². The second kappa shape index (κ2) is 4.69. The van der Waals surface area contributed by atoms with Crippen LogP contribution < -0.4 is 10.5 Å². The van der Waals surface area contributed by atoms with Crippen molar-refractivity contribution in [3.05, 3.63) is 29.3 Å². The van der Waals surface area contributed by atoms with Crippen LogP contribution in [0.15, 0.2) is 18.2 Å². The molecule has 0 aromatic heterocycles. The molecule has 14 heavy (non-hydrogen) atoms. The third kappa shape index (κ3) is 2.51. The molecule has 0 unspecified atom stereocenters. The van der Waals surface area contributed by atoms with Gasteiger partial charge in [0.15, 0.2) is 0 Å². The maximum absolute atomic E-state index is 5.82. The number of hydrogen-bond donors (Lipinski definition) is 1. The summed E-state index contributed by atoms with van der Waals surface area (Å²) >= 11 is 0. The molecule has 0 aliphatic carbocycles. The van der Waals surface area contributed by atoms with E-state index in [4.69, 9.17) is 16.9 Å². The van der Waals surface area contributed by atoms with Crippen molar-refractivity contribution in [1.82, 2.24) is 0 Å². The van der Waals surface area contributed by atoms with Gasteiger partial charge in [0.05, 0.1) is 0 Å². The van der Waals surface area contributed by atoms with Gasteiger partial charge in [0.25, 0.3) is 0 Å². The number of nitrogens with two attached hydrogens (primary N) is 1. The van der Waals surface area contributed by atoms with Crippen LogP contribution in [0.25, 0.3) is 0 Å². The van der Waals surface area contributed by atoms with Crippen molar-refractivity contribution in [3.8, 4) is 18.1 Å². The van der Waals surface area contributed by atoms with E-state index in [1.165, 1.54) is 5.56 Å². The van der Waals surface area contributed by atoms with Gasteiger partial charge in [-0.25, -0.2) is 0 Å². The van der Waals surface area contributed by atoms with E-state index >= 15 is 0 Å². The Morgan fingerprint density at radius 3 is 2.86 bits per heavy atom. The molecule has 0 radical (unpaired) electrons. The first-order chi connectivity index (χ1) is 6.65. The lowest BCUT2D eigenvalue weighted by molar-refractivity contribution is 0.364. The molecule has 1 rings (SSSR count). The molecule has 0 aliphatic rings. The molecule has 2 N–H and O–H groups in total. The van der Waals surface area contributed by atoms with Crippen LogP contribution >= 0.6 is 0 Å². The summed E-state index contributed by atoms with van der Waals surface area (Å²) in [4.78, 5) is 0. The fraction of sp³-hybridized carbons (Fsp3) is 0.333. The highest BCUT2D eigenvalue weighted by Crippen LogP contribution is 2.24. The first-order valence-electron chi connectivity index (χ1n) is 4.57. The predicted octanol–water partition coefficient (Wildman–Crippen LogP) is 2.03. The molecule has 0 fully saturated rings. The number of ether oxygens (including phenoxy) is 1. The van der Waals surface area contributed by atoms with Crippen molar-refractivity contribution in [3.63, 3.8) is 0 Å². The highest BCUT2D eigenvalue weighted by Gasteiger charge is 2.07. The first kappa shape index (κ1) is 10.6. The molecule has 0 amide bonds. The third-order valence-corrected chi connectivity index (χ3v) is 1.97. The monoisotopic (exact) mass is 189 g/mol. The summed E-state index contributed by atoms with van der Waals surface area (Å²) in [6, 6.07) is 5.88. The Bertz CT molecular complexity index is 350. The normalized spacial score (nSPS) is 11.9. The standard InChI is InChI=1S/C12H15NO/c1-4-7-14-12-6-5-9(2)8-11(12)10(3)13/h1,5-6,8,10H,7,13H2,2-3H3/t10-/m1/s1. The summed E-state index contributed by atoms with van der Waals surface area (Å²) < 4.78 is 5.39. The minimum Gasteiger partial charge on any atom is -0.481 e. The van der Waals surface area contributed by atoms with Gasteiger partial charge in [-0.05, 0) is 19.9 Å². The van der Waals surface area contributed by atoms with Crippen LogP contribution in [0.5, 0.6) is 5.75 Å². The van der Waals surface area contributed by atoms with Crippen LogP contribution in [0.1, 0.15) is 24.1 Å². The number of terminal acetylenes is 1. The zero-order valence-corrected chi connectivity index (χ0v) is 8.58. The lowest BCUT2D eigenvalue weighted by Crippen LogP contribution is -2.08. The molecule has 74 valence electrons. The van der Waals surface area contributed by atoms with Crippen molar-refractivity contribution in [2.75, 3.05) is 6.61 Å². The summed E-state index contributed by atoms with van der Waals surface area (Å²) in [5.41, 5.74) is 8.00. The van der Waals surface area contributed by atoms with Crippen LogP contribution in [0.3, 0.4) is 0 Å². The van der Waals surface area contributed by atoms with Crippen molar-refractivity contribution >= 4 is 0 Å². The number of hydrogen-bond acceptors (Lipinski definition) is 2. The molecule has 2 heteroatoms. The second-order valence-electron chi connectivity index (χ2n) is 3.32. The smallest absolute Gasteiger partial charge is 0.148 e. The first-order valence-corrected chi connectivity index (χ1v) is 4.57. The van der Waals surface area contributed by atoms with Gasteiger partial charge in [0.1, 0.15) is 12.4 Å². The minimum absolute atomic E-state index is 0.0392. The fourth-order valence-corrected chi connectivity index (χ4v) is 1.27. The topological polar surface area (TPSA) is 35.2 Å². The van der Waals surface area contributed by atoms with E-state index in [1.807, 2.05) is 32.0 Å². The van der Waals surface area contributed by atoms with Gasteiger partial charge in [-0.1, -0.05) is 23.6 Å². The average molecular weight is 189 g/mol. The SMILES string of the molecule is C#CCOc1ccc(C)cc1[C@@H](C)N. The highest BCUT2D eigenvalue weighted by molar-refractivity contribution is 5.38. The van der Waals surface area contributed by atoms with Crippen LogP contribution in [-0.4, -0.2) is 6.61 Å². The third-order valence-electron chi connectivity index (χ3n) is 1.97. The summed E-state index contributed by atoms with van der Waals surface area (Å²) in [5, 5.41) is 0. The van der Waals surface area contributed by atoms with Crippen LogP contribution in [0.4, 0.5) is 0 Å². The Morgan fingerprint density at radius 1 is 1.57 bits per heavy atom. The van der Waals surface area contributed by atoms with Gasteiger partial charge >= 0.3 is 0 Å². The van der Waals surface area contributed by atoms with E-state index in [-0.39, 0.29) is 12.6 Å². The van der Waals surface area contributed by atoms with E-state index in [2.05, 4.69) is 5.92 Å². The van der Waals surface area contributed by atoms with Crippen LogP contribution in [0.2, 0.25) is 0 Å². The lowest BCUT2D eigenvalue weighted by atomic mass is 10.1. The summed E-state index contributed by atoms with van der Waals surface area (Å²) in [7, 11) is 0. The molecule has 0 heterocycles. The van der Waals surface area contributed by atoms with Gasteiger partial charge in [-0.3, -0.25) is 0 Å². The van der Waals surface area contributed by atoms with Gasteiger partial charge in [0, 0.05) is 11.6 Å². The zero-order chi connectivity index (χ0) is 10.6. The maximum atomic E-state index is 5.82. The Hall–Kier alpha value is -1.46. The Kier molecular flexibility index (Phi) is 3.55. The second-order valence-corrected chi connectivity index (χ2v) is 3.32. The van der Waals surface area contributed by atoms with E-state index in [0.717, 1.165) is 11.3 Å². The van der Waals surface area contributed by atoms with Crippen molar-refractivity contribution in [1.29, 1.82) is 0 Å². The Balaban J connectivity index is 2.97. The summed E-state index contributed by atoms with van der Waals surface area (Å²) in [5.74, 6) is 3.21. The minimum atomic E-state index is -0.0392. The number of benzene rings is 1. The van der Waals surface area contributed by atoms with E-state index < -0.39 is 0 Å². The molecule has 2 nitrogen and oxygen atoms in total. The lowest BCUT2D eigenvalue weighted by Gasteiger charge is -2.13. The Morgan fingerprint density at radius 2 is 2.29 bits per heavy atom. The molecular formula is C12H15NO. The van der Waals surface area contributed by atoms with Gasteiger partial charge < -0.3 is 10.5 Å². The molecule has 0 bridgehead atoms. The van der Waals surface area contributed by atoms with Gasteiger partial charge in [-0.2, -0.15) is 0 Å². The van der Waals surface area contributed by atoms with Gasteiger partial charge in [-0.15, -0.1) is 6.42 Å². The quantitative estimate of drug-likeness (QED) is 0.738. The largest absolute Gasteiger partial charge is 0.481 e. The average Bonchev–Trinajstić information content (AvgIpc) is 2.15. The van der Waals surface area contributed by atoms with Crippen LogP contribution in [0, 0.1) is 19.3 Å². The molecule has 0 aliphatic heterocycles. The predicted molar refractivity (Wildman–Crippen MR) is 58.1 cm³/mol. The summed E-state index contributed by atoms with van der Waals surface area (Å²) in [6.45, 7) is 4.23.